The van der Waals surface area contributed by atoms with Crippen LogP contribution in [0.1, 0.15) is 32.6 Å². The Labute approximate surface area is 206 Å². The molecule has 1 aliphatic carbocycles. The first kappa shape index (κ1) is 23.5. The second-order valence-corrected chi connectivity index (χ2v) is 9.49. The van der Waals surface area contributed by atoms with Crippen molar-refractivity contribution in [2.24, 2.45) is 11.8 Å². The van der Waals surface area contributed by atoms with E-state index in [9.17, 15) is 4.79 Å². The minimum Gasteiger partial charge on any atom is -0.491 e. The fourth-order valence-corrected chi connectivity index (χ4v) is 4.79. The molecule has 0 unspecified atom stereocenters. The van der Waals surface area contributed by atoms with Crippen LogP contribution in [0.3, 0.4) is 0 Å². The van der Waals surface area contributed by atoms with E-state index in [1.165, 1.54) is 25.7 Å². The zero-order chi connectivity index (χ0) is 24.4. The lowest BCUT2D eigenvalue weighted by Crippen LogP contribution is -2.17. The van der Waals surface area contributed by atoms with Crippen LogP contribution in [0.15, 0.2) is 33.8 Å². The number of methoxy groups -OCH3 is 1. The molecule has 1 aliphatic rings. The van der Waals surface area contributed by atoms with Gasteiger partial charge in [-0.1, -0.05) is 36.5 Å². The van der Waals surface area contributed by atoms with Crippen LogP contribution in [0.4, 0.5) is 0 Å². The summed E-state index contributed by atoms with van der Waals surface area (Å²) in [6.07, 6.45) is 6.65. The monoisotopic (exact) mass is 498 g/mol. The lowest BCUT2D eigenvalue weighted by Gasteiger charge is -2.26. The van der Waals surface area contributed by atoms with Gasteiger partial charge in [-0.2, -0.15) is 0 Å². The van der Waals surface area contributed by atoms with Crippen LogP contribution in [0.25, 0.3) is 34.1 Å². The van der Waals surface area contributed by atoms with E-state index < -0.39 is 5.76 Å². The smallest absolute Gasteiger partial charge is 0.439 e. The summed E-state index contributed by atoms with van der Waals surface area (Å²) in [5.41, 5.74) is 2.65. The Morgan fingerprint density at radius 2 is 2.00 bits per heavy atom. The van der Waals surface area contributed by atoms with Crippen LogP contribution >= 0.6 is 11.6 Å². The van der Waals surface area contributed by atoms with Gasteiger partial charge in [0.25, 0.3) is 0 Å². The van der Waals surface area contributed by atoms with E-state index in [0.717, 1.165) is 23.5 Å². The molecular formula is C24H27ClN6O4. The number of hydrogen-bond donors (Lipinski definition) is 1. The molecule has 3 aromatic heterocycles. The second-order valence-electron chi connectivity index (χ2n) is 9.05. The number of halogens is 1. The van der Waals surface area contributed by atoms with Crippen LogP contribution in [0.2, 0.25) is 5.02 Å². The van der Waals surface area contributed by atoms with Gasteiger partial charge in [0.15, 0.2) is 5.65 Å². The third kappa shape index (κ3) is 5.23. The standard InChI is InChI=1S/C24H27ClN6O4/c1-14-3-5-15(6-4-14)12-31-13-26-21-20(31)19(27-22(28-21)23-29-24(32)35-30-23)16-9-17(25)11-18(10-16)34-8-7-33-2/h9-11,13-15H,3-8,12H2,1-2H3,(H,29,30,32)/t14-,15-. The highest BCUT2D eigenvalue weighted by Gasteiger charge is 2.23. The number of aromatic nitrogens is 6. The van der Waals surface area contributed by atoms with Crippen LogP contribution in [-0.2, 0) is 11.3 Å². The van der Waals surface area contributed by atoms with E-state index in [1.807, 2.05) is 12.1 Å². The Hall–Kier alpha value is -3.24. The quantitative estimate of drug-likeness (QED) is 0.356. The fourth-order valence-electron chi connectivity index (χ4n) is 4.57. The van der Waals surface area contributed by atoms with E-state index in [2.05, 4.69) is 36.1 Å². The lowest BCUT2D eigenvalue weighted by molar-refractivity contribution is 0.146. The predicted molar refractivity (Wildman–Crippen MR) is 130 cm³/mol. The highest BCUT2D eigenvalue weighted by atomic mass is 35.5. The number of aromatic amines is 1. The Morgan fingerprint density at radius 1 is 1.17 bits per heavy atom. The number of nitrogens with zero attached hydrogens (tertiary/aromatic N) is 5. The number of nitrogens with one attached hydrogen (secondary N) is 1. The molecule has 1 aromatic carbocycles. The first-order chi connectivity index (χ1) is 17.0. The Bertz CT molecular complexity index is 1370. The molecule has 11 heteroatoms. The first-order valence-electron chi connectivity index (χ1n) is 11.7. The molecule has 0 bridgehead atoms. The number of benzene rings is 1. The molecule has 1 saturated carbocycles. The average Bonchev–Trinajstić information content (AvgIpc) is 3.46. The summed E-state index contributed by atoms with van der Waals surface area (Å²) in [5, 5.41) is 4.26. The maximum absolute atomic E-state index is 11.5. The van der Waals surface area contributed by atoms with Gasteiger partial charge >= 0.3 is 5.76 Å². The summed E-state index contributed by atoms with van der Waals surface area (Å²) in [4.78, 5) is 27.9. The summed E-state index contributed by atoms with van der Waals surface area (Å²) in [5.74, 6) is 1.60. The van der Waals surface area contributed by atoms with Crippen molar-refractivity contribution in [2.45, 2.75) is 39.2 Å². The normalized spacial score (nSPS) is 18.3. The van der Waals surface area contributed by atoms with E-state index in [1.54, 1.807) is 19.5 Å². The third-order valence-corrected chi connectivity index (χ3v) is 6.63. The zero-order valence-electron chi connectivity index (χ0n) is 19.7. The third-order valence-electron chi connectivity index (χ3n) is 6.42. The van der Waals surface area contributed by atoms with Gasteiger partial charge < -0.3 is 14.0 Å². The molecule has 35 heavy (non-hydrogen) atoms. The SMILES string of the molecule is COCCOc1cc(Cl)cc(-c2nc(-c3noc(=O)[nH]3)nc3ncn(C[C@H]4CC[C@H](C)CC4)c23)c1. The van der Waals surface area contributed by atoms with Crippen molar-refractivity contribution < 1.29 is 14.0 Å². The van der Waals surface area contributed by atoms with Gasteiger partial charge in [0.2, 0.25) is 11.6 Å². The van der Waals surface area contributed by atoms with Gasteiger partial charge in [0, 0.05) is 24.2 Å². The first-order valence-corrected chi connectivity index (χ1v) is 12.1. The minimum absolute atomic E-state index is 0.132. The van der Waals surface area contributed by atoms with Gasteiger partial charge in [0.05, 0.1) is 12.9 Å². The van der Waals surface area contributed by atoms with Crippen molar-refractivity contribution in [2.75, 3.05) is 20.3 Å². The van der Waals surface area contributed by atoms with Crippen LogP contribution in [0, 0.1) is 11.8 Å². The van der Waals surface area contributed by atoms with E-state index in [4.69, 9.17) is 26.1 Å². The number of H-pyrrole nitrogens is 1. The second kappa shape index (κ2) is 10.2. The Morgan fingerprint density at radius 3 is 2.74 bits per heavy atom. The van der Waals surface area contributed by atoms with E-state index >= 15 is 0 Å². The summed E-state index contributed by atoms with van der Waals surface area (Å²) in [6, 6.07) is 5.44. The molecule has 10 nitrogen and oxygen atoms in total. The molecule has 184 valence electrons. The molecule has 0 atom stereocenters. The largest absolute Gasteiger partial charge is 0.491 e. The number of fused-ring (bicyclic) bond motifs is 1. The van der Waals surface area contributed by atoms with Crippen molar-refractivity contribution in [1.29, 1.82) is 0 Å². The minimum atomic E-state index is -0.682. The van der Waals surface area contributed by atoms with Crippen molar-refractivity contribution in [1.82, 2.24) is 29.7 Å². The molecule has 4 aromatic rings. The predicted octanol–water partition coefficient (Wildman–Crippen LogP) is 4.34. The molecule has 0 saturated heterocycles. The van der Waals surface area contributed by atoms with Gasteiger partial charge in [0.1, 0.15) is 23.6 Å². The van der Waals surface area contributed by atoms with Gasteiger partial charge in [-0.25, -0.2) is 19.7 Å². The highest BCUT2D eigenvalue weighted by Crippen LogP contribution is 2.35. The van der Waals surface area contributed by atoms with Crippen molar-refractivity contribution in [3.8, 4) is 28.7 Å². The van der Waals surface area contributed by atoms with Crippen LogP contribution in [0.5, 0.6) is 5.75 Å². The van der Waals surface area contributed by atoms with Crippen molar-refractivity contribution in [3.63, 3.8) is 0 Å². The molecule has 0 aliphatic heterocycles. The van der Waals surface area contributed by atoms with E-state index in [-0.39, 0.29) is 11.6 Å². The number of imidazole rings is 1. The van der Waals surface area contributed by atoms with Crippen molar-refractivity contribution >= 4 is 22.8 Å². The van der Waals surface area contributed by atoms with Crippen LogP contribution < -0.4 is 10.5 Å². The lowest BCUT2D eigenvalue weighted by atomic mass is 9.83. The molecular weight excluding hydrogens is 472 g/mol. The molecule has 1 fully saturated rings. The van der Waals surface area contributed by atoms with Gasteiger partial charge in [-0.05, 0) is 42.9 Å². The maximum atomic E-state index is 11.5. The van der Waals surface area contributed by atoms with Crippen molar-refractivity contribution in [3.05, 3.63) is 40.1 Å². The molecule has 0 spiro atoms. The summed E-state index contributed by atoms with van der Waals surface area (Å²) in [7, 11) is 1.62. The molecule has 0 radical (unpaired) electrons. The maximum Gasteiger partial charge on any atom is 0.439 e. The fraction of sp³-hybridized carbons (Fsp3) is 0.458. The Kier molecular flexibility index (Phi) is 6.83. The topological polar surface area (TPSA) is 121 Å². The average molecular weight is 499 g/mol. The summed E-state index contributed by atoms with van der Waals surface area (Å²) >= 11 is 6.46. The molecule has 5 rings (SSSR count). The number of ether oxygens (including phenoxy) is 2. The molecule has 0 amide bonds. The molecule has 1 N–H and O–H groups in total. The number of rotatable bonds is 8. The van der Waals surface area contributed by atoms with E-state index in [0.29, 0.717) is 41.2 Å². The van der Waals surface area contributed by atoms with Gasteiger partial charge in [-0.3, -0.25) is 9.51 Å². The Balaban J connectivity index is 1.60. The summed E-state index contributed by atoms with van der Waals surface area (Å²) < 4.78 is 17.7. The zero-order valence-corrected chi connectivity index (χ0v) is 20.4. The van der Waals surface area contributed by atoms with Gasteiger partial charge in [-0.15, -0.1) is 0 Å². The highest BCUT2D eigenvalue weighted by molar-refractivity contribution is 6.31. The number of hydrogen-bond acceptors (Lipinski definition) is 8. The summed E-state index contributed by atoms with van der Waals surface area (Å²) in [6.45, 7) is 3.99. The van der Waals surface area contributed by atoms with Crippen LogP contribution in [-0.4, -0.2) is 50.0 Å². The molecule has 3 heterocycles.